The predicted octanol–water partition coefficient (Wildman–Crippen LogP) is 8.60. The van der Waals surface area contributed by atoms with Crippen molar-refractivity contribution >= 4 is 17.6 Å². The van der Waals surface area contributed by atoms with Crippen LogP contribution in [0.3, 0.4) is 0 Å². The van der Waals surface area contributed by atoms with E-state index in [2.05, 4.69) is 10.1 Å². The highest BCUT2D eigenvalue weighted by atomic mass is 35.5. The van der Waals surface area contributed by atoms with Crippen LogP contribution in [-0.2, 0) is 23.8 Å². The minimum atomic E-state index is -4.92. The molecule has 0 spiro atoms. The van der Waals surface area contributed by atoms with Gasteiger partial charge in [0.05, 0.1) is 25.1 Å². The van der Waals surface area contributed by atoms with Crippen molar-refractivity contribution in [3.8, 4) is 22.8 Å². The summed E-state index contributed by atoms with van der Waals surface area (Å²) < 4.78 is 90.0. The molecule has 2 aromatic heterocycles. The first-order chi connectivity index (χ1) is 20.8. The molecule has 0 radical (unpaired) electrons. The van der Waals surface area contributed by atoms with Gasteiger partial charge in [0, 0.05) is 17.0 Å². The van der Waals surface area contributed by atoms with Crippen molar-refractivity contribution in [2.24, 2.45) is 0 Å². The third kappa shape index (κ3) is 8.10. The number of alkyl halides is 6. The number of aromatic nitrogens is 3. The van der Waals surface area contributed by atoms with Crippen LogP contribution in [0.1, 0.15) is 52.5 Å². The highest BCUT2D eigenvalue weighted by Gasteiger charge is 2.41. The van der Waals surface area contributed by atoms with Crippen LogP contribution in [0.5, 0.6) is 5.75 Å². The monoisotopic (exact) mass is 639 g/mol. The number of aryl methyl sites for hydroxylation is 2. The van der Waals surface area contributed by atoms with Gasteiger partial charge in [-0.15, -0.1) is 0 Å². The van der Waals surface area contributed by atoms with E-state index in [4.69, 9.17) is 21.1 Å². The van der Waals surface area contributed by atoms with E-state index in [1.54, 1.807) is 36.4 Å². The van der Waals surface area contributed by atoms with E-state index in [1.807, 2.05) is 13.0 Å². The largest absolute Gasteiger partial charge is 0.494 e. The summed E-state index contributed by atoms with van der Waals surface area (Å²) in [4.78, 5) is 16.6. The Morgan fingerprint density at radius 3 is 2.43 bits per heavy atom. The Balaban J connectivity index is 1.57. The third-order valence-corrected chi connectivity index (χ3v) is 7.07. The normalized spacial score (nSPS) is 11.9. The molecule has 2 heterocycles. The van der Waals surface area contributed by atoms with E-state index >= 15 is 0 Å². The predicted molar refractivity (Wildman–Crippen MR) is 152 cm³/mol. The molecule has 0 saturated heterocycles. The van der Waals surface area contributed by atoms with Gasteiger partial charge in [-0.3, -0.25) is 0 Å². The fourth-order valence-electron chi connectivity index (χ4n) is 4.66. The van der Waals surface area contributed by atoms with Crippen LogP contribution < -0.4 is 4.74 Å². The quantitative estimate of drug-likeness (QED) is 0.0934. The first kappa shape index (κ1) is 32.8. The maximum Gasteiger partial charge on any atom is 0.434 e. The number of pyridine rings is 1. The van der Waals surface area contributed by atoms with Crippen LogP contribution in [-0.4, -0.2) is 40.1 Å². The smallest absolute Gasteiger partial charge is 0.434 e. The van der Waals surface area contributed by atoms with Gasteiger partial charge < -0.3 is 9.47 Å². The lowest BCUT2D eigenvalue weighted by Gasteiger charge is -2.15. The molecule has 234 valence electrons. The summed E-state index contributed by atoms with van der Waals surface area (Å²) in [6.45, 7) is 3.19. The van der Waals surface area contributed by atoms with Crippen LogP contribution in [0.2, 0.25) is 5.02 Å². The first-order valence-electron chi connectivity index (χ1n) is 13.6. The van der Waals surface area contributed by atoms with Crippen molar-refractivity contribution in [3.63, 3.8) is 0 Å². The topological polar surface area (TPSA) is 66.2 Å². The molecule has 0 N–H and O–H groups in total. The van der Waals surface area contributed by atoms with E-state index in [-0.39, 0.29) is 25.5 Å². The Kier molecular flexibility index (Phi) is 10.2. The molecule has 0 unspecified atom stereocenters. The van der Waals surface area contributed by atoms with Gasteiger partial charge in [0.1, 0.15) is 11.3 Å². The van der Waals surface area contributed by atoms with Crippen LogP contribution in [0.4, 0.5) is 26.3 Å². The maximum absolute atomic E-state index is 14.0. The summed E-state index contributed by atoms with van der Waals surface area (Å²) >= 11 is 6.58. The number of benzene rings is 2. The van der Waals surface area contributed by atoms with Crippen molar-refractivity contribution in [3.05, 3.63) is 93.8 Å². The zero-order chi connectivity index (χ0) is 32.1. The maximum atomic E-state index is 14.0. The van der Waals surface area contributed by atoms with Crippen molar-refractivity contribution in [1.82, 2.24) is 14.8 Å². The Hall–Kier alpha value is -4.06. The average Bonchev–Trinajstić information content (AvgIpc) is 3.42. The fraction of sp³-hybridized carbons (Fsp3) is 0.323. The van der Waals surface area contributed by atoms with E-state index < -0.39 is 36.0 Å². The number of carbonyl (C=O) groups excluding carboxylic acids is 1. The van der Waals surface area contributed by atoms with Crippen molar-refractivity contribution in [2.75, 3.05) is 13.2 Å². The molecule has 0 saturated carbocycles. The standard InChI is InChI=1S/C31H28ClF6N3O3/c1-3-43-29(42)24-18-39-41(28(24)31(36,37)38)27-10-5-9-26(40-27)23-7-4-8-25(32)22(23)14-12-20-11-13-21(17-19(20)2)44-16-6-15-30(33,34)35/h4-5,7-11,13,17-18H,3,6,12,14-16H2,1-2H3. The Morgan fingerprint density at radius 1 is 1.00 bits per heavy atom. The molecule has 2 aromatic carbocycles. The van der Waals surface area contributed by atoms with E-state index in [0.29, 0.717) is 39.6 Å². The van der Waals surface area contributed by atoms with Crippen LogP contribution in [0.25, 0.3) is 17.1 Å². The van der Waals surface area contributed by atoms with Crippen LogP contribution in [0, 0.1) is 6.92 Å². The van der Waals surface area contributed by atoms with Gasteiger partial charge in [-0.2, -0.15) is 31.4 Å². The summed E-state index contributed by atoms with van der Waals surface area (Å²) in [5.41, 5.74) is 1.49. The molecule has 0 atom stereocenters. The second-order valence-electron chi connectivity index (χ2n) is 9.84. The fourth-order valence-corrected chi connectivity index (χ4v) is 4.93. The molecule has 44 heavy (non-hydrogen) atoms. The number of hydrogen-bond acceptors (Lipinski definition) is 5. The second kappa shape index (κ2) is 13.7. The summed E-state index contributed by atoms with van der Waals surface area (Å²) in [6.07, 6.45) is -8.40. The van der Waals surface area contributed by atoms with Crippen molar-refractivity contribution in [1.29, 1.82) is 0 Å². The molecular formula is C31H28ClF6N3O3. The molecule has 0 aliphatic rings. The molecule has 6 nitrogen and oxygen atoms in total. The van der Waals surface area contributed by atoms with Gasteiger partial charge >= 0.3 is 18.3 Å². The molecule has 4 rings (SSSR count). The number of rotatable bonds is 11. The van der Waals surface area contributed by atoms with Crippen LogP contribution in [0.15, 0.2) is 60.8 Å². The van der Waals surface area contributed by atoms with E-state index in [9.17, 15) is 31.1 Å². The SMILES string of the molecule is CCOC(=O)c1cnn(-c2cccc(-c3cccc(Cl)c3CCc3ccc(OCCCC(F)(F)F)cc3C)n2)c1C(F)(F)F. The number of hydrogen-bond donors (Lipinski definition) is 0. The number of esters is 1. The van der Waals surface area contributed by atoms with Crippen molar-refractivity contribution < 1.29 is 40.6 Å². The molecule has 13 heteroatoms. The summed E-state index contributed by atoms with van der Waals surface area (Å²) in [5, 5.41) is 4.25. The second-order valence-corrected chi connectivity index (χ2v) is 10.2. The van der Waals surface area contributed by atoms with E-state index in [0.717, 1.165) is 22.9 Å². The minimum absolute atomic E-state index is 0.0551. The lowest BCUT2D eigenvalue weighted by molar-refractivity contribution is -0.143. The Bertz CT molecular complexity index is 1620. The molecule has 4 aromatic rings. The van der Waals surface area contributed by atoms with Gasteiger partial charge in [0.15, 0.2) is 11.5 Å². The molecular weight excluding hydrogens is 612 g/mol. The first-order valence-corrected chi connectivity index (χ1v) is 14.0. The number of carbonyl (C=O) groups is 1. The molecule has 0 aliphatic carbocycles. The lowest BCUT2D eigenvalue weighted by atomic mass is 9.95. The van der Waals surface area contributed by atoms with Crippen molar-refractivity contribution in [2.45, 2.75) is 51.9 Å². The number of halogens is 7. The molecule has 0 aliphatic heterocycles. The molecule has 0 bridgehead atoms. The number of nitrogens with zero attached hydrogens (tertiary/aromatic N) is 3. The Labute approximate surface area is 254 Å². The zero-order valence-corrected chi connectivity index (χ0v) is 24.5. The van der Waals surface area contributed by atoms with Gasteiger partial charge in [-0.25, -0.2) is 14.5 Å². The van der Waals surface area contributed by atoms with Gasteiger partial charge in [0.2, 0.25) is 0 Å². The number of ether oxygens (including phenoxy) is 2. The molecule has 0 fully saturated rings. The molecule has 0 amide bonds. The summed E-state index contributed by atoms with van der Waals surface area (Å²) in [7, 11) is 0. The third-order valence-electron chi connectivity index (χ3n) is 6.71. The highest BCUT2D eigenvalue weighted by molar-refractivity contribution is 6.31. The average molecular weight is 640 g/mol. The van der Waals surface area contributed by atoms with Gasteiger partial charge in [-0.1, -0.05) is 35.9 Å². The summed E-state index contributed by atoms with van der Waals surface area (Å²) in [5.74, 6) is -0.829. The Morgan fingerprint density at radius 2 is 1.75 bits per heavy atom. The summed E-state index contributed by atoms with van der Waals surface area (Å²) in [6, 6.07) is 15.0. The highest BCUT2D eigenvalue weighted by Crippen LogP contribution is 2.35. The van der Waals surface area contributed by atoms with Crippen LogP contribution >= 0.6 is 11.6 Å². The van der Waals surface area contributed by atoms with Gasteiger partial charge in [-0.05, 0) is 80.1 Å². The lowest BCUT2D eigenvalue weighted by Crippen LogP contribution is -2.19. The zero-order valence-electron chi connectivity index (χ0n) is 23.7. The minimum Gasteiger partial charge on any atom is -0.494 e. The van der Waals surface area contributed by atoms with E-state index in [1.165, 1.54) is 19.1 Å². The van der Waals surface area contributed by atoms with Gasteiger partial charge in [0.25, 0.3) is 0 Å².